The Morgan fingerprint density at radius 2 is 1.64 bits per heavy atom. The number of amides is 4. The number of aromatic amines is 1. The van der Waals surface area contributed by atoms with Crippen LogP contribution >= 0.6 is 11.6 Å². The highest BCUT2D eigenvalue weighted by atomic mass is 35.5. The number of alkyl carbamates (subject to hydrolysis) is 1. The average molecular weight is 775 g/mol. The van der Waals surface area contributed by atoms with Crippen molar-refractivity contribution in [2.75, 3.05) is 40.1 Å². The van der Waals surface area contributed by atoms with Crippen LogP contribution in [0.15, 0.2) is 59.5 Å². The molecule has 1 aliphatic heterocycles. The van der Waals surface area contributed by atoms with Crippen LogP contribution in [0.5, 0.6) is 0 Å². The number of carbonyl (C=O) groups excluding carboxylic acids is 4. The Balaban J connectivity index is 1.28. The number of anilines is 4. The number of hydrogen-bond acceptors (Lipinski definition) is 10. The summed E-state index contributed by atoms with van der Waals surface area (Å²) in [5.74, 6) is -0.708. The average Bonchev–Trinajstić information content (AvgIpc) is 3.09. The molecule has 3 heterocycles. The summed E-state index contributed by atoms with van der Waals surface area (Å²) in [4.78, 5) is 80.3. The van der Waals surface area contributed by atoms with E-state index in [-0.39, 0.29) is 39.4 Å². The number of aromatic nitrogens is 3. The van der Waals surface area contributed by atoms with Crippen molar-refractivity contribution in [1.29, 1.82) is 0 Å². The molecule has 4 N–H and O–H groups in total. The van der Waals surface area contributed by atoms with Gasteiger partial charge in [-0.15, -0.1) is 0 Å². The van der Waals surface area contributed by atoms with Gasteiger partial charge in [-0.25, -0.2) is 14.6 Å². The Hall–Kier alpha value is -5.70. The molecular formula is C39H47ClN8O7. The summed E-state index contributed by atoms with van der Waals surface area (Å²) in [5.41, 5.74) is -0.542. The number of hydrogen-bond donors (Lipinski definition) is 4. The van der Waals surface area contributed by atoms with E-state index in [9.17, 15) is 24.0 Å². The second kappa shape index (κ2) is 16.8. The minimum absolute atomic E-state index is 0.0538. The molecule has 16 heteroatoms. The zero-order valence-corrected chi connectivity index (χ0v) is 32.8. The monoisotopic (exact) mass is 774 g/mol. The van der Waals surface area contributed by atoms with Crippen molar-refractivity contribution in [1.82, 2.24) is 20.3 Å². The van der Waals surface area contributed by atoms with E-state index in [2.05, 4.69) is 30.9 Å². The predicted octanol–water partition coefficient (Wildman–Crippen LogP) is 7.12. The first-order valence-corrected chi connectivity index (χ1v) is 18.4. The first-order valence-electron chi connectivity index (χ1n) is 18.1. The summed E-state index contributed by atoms with van der Waals surface area (Å²) in [7, 11) is 0. The number of nitrogens with zero attached hydrogens (tertiary/aromatic N) is 4. The van der Waals surface area contributed by atoms with Crippen molar-refractivity contribution in [3.05, 3.63) is 81.2 Å². The Morgan fingerprint density at radius 1 is 0.945 bits per heavy atom. The third-order valence-electron chi connectivity index (χ3n) is 8.28. The lowest BCUT2D eigenvalue weighted by atomic mass is 10.1. The molecule has 0 saturated carbocycles. The Morgan fingerprint density at radius 3 is 2.31 bits per heavy atom. The second-order valence-electron chi connectivity index (χ2n) is 15.2. The van der Waals surface area contributed by atoms with Crippen LogP contribution < -0.4 is 31.3 Å². The summed E-state index contributed by atoms with van der Waals surface area (Å²) in [6.45, 7) is 14.2. The van der Waals surface area contributed by atoms with Gasteiger partial charge >= 0.3 is 12.2 Å². The van der Waals surface area contributed by atoms with Crippen molar-refractivity contribution in [3.63, 3.8) is 0 Å². The van der Waals surface area contributed by atoms with Crippen molar-refractivity contribution in [2.45, 2.75) is 85.0 Å². The lowest BCUT2D eigenvalue weighted by Crippen LogP contribution is -2.46. The summed E-state index contributed by atoms with van der Waals surface area (Å²) in [6.07, 6.45) is 2.39. The number of ether oxygens (including phenoxy) is 2. The van der Waals surface area contributed by atoms with Gasteiger partial charge in [0.25, 0.3) is 17.4 Å². The van der Waals surface area contributed by atoms with Crippen LogP contribution in [0.4, 0.5) is 32.6 Å². The van der Waals surface area contributed by atoms with E-state index in [1.54, 1.807) is 56.0 Å². The molecule has 292 valence electrons. The third kappa shape index (κ3) is 10.9. The molecule has 4 aromatic rings. The van der Waals surface area contributed by atoms with Gasteiger partial charge in [-0.05, 0) is 103 Å². The summed E-state index contributed by atoms with van der Waals surface area (Å²) in [5, 5.41) is 8.86. The Kier molecular flexibility index (Phi) is 12.3. The maximum atomic E-state index is 13.9. The first-order chi connectivity index (χ1) is 25.9. The summed E-state index contributed by atoms with van der Waals surface area (Å²) < 4.78 is 10.7. The van der Waals surface area contributed by atoms with E-state index in [1.807, 2.05) is 32.6 Å². The second-order valence-corrected chi connectivity index (χ2v) is 15.6. The molecule has 0 radical (unpaired) electrons. The molecule has 15 nitrogen and oxygen atoms in total. The molecule has 1 saturated heterocycles. The van der Waals surface area contributed by atoms with Crippen molar-refractivity contribution < 1.29 is 28.7 Å². The van der Waals surface area contributed by atoms with Crippen LogP contribution in [0.25, 0.3) is 11.0 Å². The maximum absolute atomic E-state index is 13.9. The predicted molar refractivity (Wildman–Crippen MR) is 212 cm³/mol. The van der Waals surface area contributed by atoms with E-state index in [4.69, 9.17) is 21.1 Å². The van der Waals surface area contributed by atoms with Crippen molar-refractivity contribution in [3.8, 4) is 0 Å². The third-order valence-corrected chi connectivity index (χ3v) is 8.61. The molecule has 4 amide bonds. The number of nitrogens with one attached hydrogen (secondary N) is 4. The number of benzene rings is 2. The zero-order valence-electron chi connectivity index (χ0n) is 32.0. The molecular weight excluding hydrogens is 728 g/mol. The van der Waals surface area contributed by atoms with Gasteiger partial charge in [0, 0.05) is 54.2 Å². The quantitative estimate of drug-likeness (QED) is 0.136. The van der Waals surface area contributed by atoms with Gasteiger partial charge in [-0.2, -0.15) is 4.98 Å². The molecule has 55 heavy (non-hydrogen) atoms. The van der Waals surface area contributed by atoms with Gasteiger partial charge in [-0.3, -0.25) is 19.7 Å². The van der Waals surface area contributed by atoms with Crippen LogP contribution in [0.2, 0.25) is 5.02 Å². The van der Waals surface area contributed by atoms with Gasteiger partial charge in [0.1, 0.15) is 22.4 Å². The standard InChI is InChI=1S/C39H47ClN8O7/c1-8-16-48(27-11-9-10-26(21-27)43-37(53)55-39(5,6)7)34(51)23-12-13-29(40)30(20-23)44-32(49)28-19-24-22-41-35(46-31(24)45-33(28)50)47-17-14-25(15-18-47)42-36(52)54-38(2,3)4/h9-13,19-22,25H,8,14-18H2,1-7H3,(H,42,52)(H,43,53)(H,44,49)(H,41,45,46,50). The van der Waals surface area contributed by atoms with Crippen LogP contribution in [-0.4, -0.2) is 75.8 Å². The van der Waals surface area contributed by atoms with E-state index in [0.717, 1.165) is 0 Å². The van der Waals surface area contributed by atoms with Crippen molar-refractivity contribution in [2.24, 2.45) is 0 Å². The lowest BCUT2D eigenvalue weighted by molar-refractivity contribution is 0.0496. The number of piperidine rings is 1. The Labute approximate surface area is 324 Å². The van der Waals surface area contributed by atoms with Gasteiger partial charge in [0.15, 0.2) is 0 Å². The minimum atomic E-state index is -0.746. The molecule has 2 aromatic heterocycles. The fourth-order valence-corrected chi connectivity index (χ4v) is 6.01. The molecule has 0 bridgehead atoms. The van der Waals surface area contributed by atoms with Crippen molar-refractivity contribution >= 4 is 69.6 Å². The normalized spacial score (nSPS) is 13.6. The lowest BCUT2D eigenvalue weighted by Gasteiger charge is -2.32. The number of carbonyl (C=O) groups is 4. The number of rotatable bonds is 9. The maximum Gasteiger partial charge on any atom is 0.412 e. The van der Waals surface area contributed by atoms with E-state index < -0.39 is 34.9 Å². The number of pyridine rings is 1. The van der Waals surface area contributed by atoms with Crippen LogP contribution in [0, 0.1) is 0 Å². The van der Waals surface area contributed by atoms with Crippen LogP contribution in [0.3, 0.4) is 0 Å². The highest BCUT2D eigenvalue weighted by Crippen LogP contribution is 2.28. The molecule has 0 unspecified atom stereocenters. The largest absolute Gasteiger partial charge is 0.444 e. The highest BCUT2D eigenvalue weighted by molar-refractivity contribution is 6.34. The van der Waals surface area contributed by atoms with E-state index in [1.165, 1.54) is 24.4 Å². The van der Waals surface area contributed by atoms with E-state index >= 15 is 0 Å². The van der Waals surface area contributed by atoms with Crippen LogP contribution in [-0.2, 0) is 9.47 Å². The fraction of sp³-hybridized carbons (Fsp3) is 0.410. The van der Waals surface area contributed by atoms with Gasteiger partial charge in [-0.1, -0.05) is 24.6 Å². The number of halogens is 1. The molecule has 2 aromatic carbocycles. The molecule has 0 spiro atoms. The summed E-state index contributed by atoms with van der Waals surface area (Å²) >= 11 is 6.46. The smallest absolute Gasteiger partial charge is 0.412 e. The zero-order chi connectivity index (χ0) is 40.1. The SMILES string of the molecule is CCCN(C(=O)c1ccc(Cl)c(NC(=O)c2cc3cnc(N4CCC(NC(=O)OC(C)(C)C)CC4)nc3[nH]c2=O)c1)c1cccc(NC(=O)OC(C)(C)C)c1. The fourth-order valence-electron chi connectivity index (χ4n) is 5.85. The Bertz CT molecular complexity index is 2140. The van der Waals surface area contributed by atoms with Gasteiger partial charge < -0.3 is 34.9 Å². The van der Waals surface area contributed by atoms with E-state index in [0.29, 0.717) is 61.6 Å². The molecule has 0 aliphatic carbocycles. The molecule has 0 atom stereocenters. The first kappa shape index (κ1) is 40.5. The minimum Gasteiger partial charge on any atom is -0.444 e. The number of fused-ring (bicyclic) bond motifs is 1. The topological polar surface area (TPSA) is 188 Å². The number of H-pyrrole nitrogens is 1. The van der Waals surface area contributed by atoms with Crippen LogP contribution in [0.1, 0.15) is 88.4 Å². The summed E-state index contributed by atoms with van der Waals surface area (Å²) in [6, 6.07) is 12.7. The van der Waals surface area contributed by atoms with Gasteiger partial charge in [0.2, 0.25) is 5.95 Å². The van der Waals surface area contributed by atoms with Gasteiger partial charge in [0.05, 0.1) is 10.7 Å². The highest BCUT2D eigenvalue weighted by Gasteiger charge is 2.26. The molecule has 1 fully saturated rings. The molecule has 1 aliphatic rings. The molecule has 5 rings (SSSR count).